The summed E-state index contributed by atoms with van der Waals surface area (Å²) in [5.41, 5.74) is -0.208. The predicted molar refractivity (Wildman–Crippen MR) is 71.5 cm³/mol. The first-order valence-corrected chi connectivity index (χ1v) is 7.26. The molecule has 0 bridgehead atoms. The van der Waals surface area contributed by atoms with Gasteiger partial charge < -0.3 is 14.9 Å². The Morgan fingerprint density at radius 1 is 1.45 bits per heavy atom. The zero-order valence-electron chi connectivity index (χ0n) is 11.4. The molecule has 0 fully saturated rings. The lowest BCUT2D eigenvalue weighted by Gasteiger charge is -2.13. The van der Waals surface area contributed by atoms with Gasteiger partial charge in [0.2, 0.25) is 10.0 Å². The van der Waals surface area contributed by atoms with E-state index in [1.165, 1.54) is 14.0 Å². The van der Waals surface area contributed by atoms with Crippen LogP contribution in [0.2, 0.25) is 0 Å². The molecule has 0 radical (unpaired) electrons. The molecular weight excluding hydrogens is 286 g/mol. The van der Waals surface area contributed by atoms with Crippen molar-refractivity contribution in [2.45, 2.75) is 24.8 Å². The summed E-state index contributed by atoms with van der Waals surface area (Å²) in [5, 5.41) is 18.4. The Balaban J connectivity index is 3.18. The van der Waals surface area contributed by atoms with Crippen LogP contribution in [0.3, 0.4) is 0 Å². The van der Waals surface area contributed by atoms with Gasteiger partial charge in [0, 0.05) is 13.7 Å². The molecule has 0 heterocycles. The maximum atomic E-state index is 12.1. The third-order valence-electron chi connectivity index (χ3n) is 2.78. The summed E-state index contributed by atoms with van der Waals surface area (Å²) in [6.45, 7) is 3.22. The highest BCUT2D eigenvalue weighted by Crippen LogP contribution is 2.25. The zero-order chi connectivity index (χ0) is 15.5. The number of ether oxygens (including phenoxy) is 1. The van der Waals surface area contributed by atoms with Crippen molar-refractivity contribution in [1.29, 1.82) is 0 Å². The van der Waals surface area contributed by atoms with Crippen LogP contribution in [0.5, 0.6) is 5.75 Å². The van der Waals surface area contributed by atoms with Gasteiger partial charge in [0.05, 0.1) is 11.0 Å². The van der Waals surface area contributed by atoms with Crippen LogP contribution in [0.1, 0.15) is 22.8 Å². The van der Waals surface area contributed by atoms with Crippen molar-refractivity contribution in [1.82, 2.24) is 4.72 Å². The van der Waals surface area contributed by atoms with Crippen LogP contribution in [0.15, 0.2) is 17.0 Å². The van der Waals surface area contributed by atoms with Crippen molar-refractivity contribution in [3.63, 3.8) is 0 Å². The highest BCUT2D eigenvalue weighted by atomic mass is 32.2. The third-order valence-corrected chi connectivity index (χ3v) is 4.34. The van der Waals surface area contributed by atoms with E-state index < -0.39 is 27.3 Å². The van der Waals surface area contributed by atoms with Crippen molar-refractivity contribution < 1.29 is 28.2 Å². The first-order valence-electron chi connectivity index (χ1n) is 5.78. The monoisotopic (exact) mass is 303 g/mol. The standard InChI is InChI=1S/C12H17NO6S/c1-7-4-10(14)9(12(15)16)5-11(7)20(17,18)13-6-8(2)19-3/h4-5,8,13-14H,6H2,1-3H3,(H,15,16). The van der Waals surface area contributed by atoms with E-state index >= 15 is 0 Å². The average molecular weight is 303 g/mol. The van der Waals surface area contributed by atoms with Crippen LogP contribution in [-0.2, 0) is 14.8 Å². The minimum atomic E-state index is -3.87. The number of carboxylic acid groups (broad SMARTS) is 1. The number of hydrogen-bond acceptors (Lipinski definition) is 5. The zero-order valence-corrected chi connectivity index (χ0v) is 12.2. The van der Waals surface area contributed by atoms with Gasteiger partial charge in [0.1, 0.15) is 11.3 Å². The van der Waals surface area contributed by atoms with Crippen LogP contribution < -0.4 is 4.72 Å². The normalized spacial score (nSPS) is 13.2. The second kappa shape index (κ2) is 6.21. The largest absolute Gasteiger partial charge is 0.507 e. The number of rotatable bonds is 6. The number of aromatic hydroxyl groups is 1. The molecule has 0 spiro atoms. The molecular formula is C12H17NO6S. The molecule has 1 rings (SSSR count). The smallest absolute Gasteiger partial charge is 0.339 e. The van der Waals surface area contributed by atoms with E-state index in [4.69, 9.17) is 9.84 Å². The Hall–Kier alpha value is -1.64. The van der Waals surface area contributed by atoms with Gasteiger partial charge in [-0.2, -0.15) is 0 Å². The van der Waals surface area contributed by atoms with E-state index in [0.29, 0.717) is 0 Å². The fourth-order valence-electron chi connectivity index (χ4n) is 1.52. The van der Waals surface area contributed by atoms with Gasteiger partial charge >= 0.3 is 5.97 Å². The fourth-order valence-corrected chi connectivity index (χ4v) is 2.89. The molecule has 0 aliphatic rings. The molecule has 0 aromatic heterocycles. The number of methoxy groups -OCH3 is 1. The van der Waals surface area contributed by atoms with E-state index in [1.807, 2.05) is 0 Å². The van der Waals surface area contributed by atoms with Gasteiger partial charge in [-0.3, -0.25) is 0 Å². The topological polar surface area (TPSA) is 113 Å². The predicted octanol–water partition coefficient (Wildman–Crippen LogP) is 0.712. The molecule has 20 heavy (non-hydrogen) atoms. The molecule has 3 N–H and O–H groups in total. The number of sulfonamides is 1. The molecule has 1 unspecified atom stereocenters. The third kappa shape index (κ3) is 3.69. The van der Waals surface area contributed by atoms with E-state index in [9.17, 15) is 18.3 Å². The number of hydrogen-bond donors (Lipinski definition) is 3. The number of carboxylic acids is 1. The van der Waals surface area contributed by atoms with Gasteiger partial charge in [-0.25, -0.2) is 17.9 Å². The molecule has 0 saturated carbocycles. The Bertz CT molecular complexity index is 611. The van der Waals surface area contributed by atoms with Gasteiger partial charge in [-0.05, 0) is 31.5 Å². The lowest BCUT2D eigenvalue weighted by molar-refractivity contribution is 0.0693. The van der Waals surface area contributed by atoms with Crippen LogP contribution in [0, 0.1) is 6.92 Å². The molecule has 7 nitrogen and oxygen atoms in total. The molecule has 0 aliphatic heterocycles. The van der Waals surface area contributed by atoms with E-state index in [0.717, 1.165) is 12.1 Å². The van der Waals surface area contributed by atoms with Gasteiger partial charge in [0.25, 0.3) is 0 Å². The average Bonchev–Trinajstić information content (AvgIpc) is 2.35. The summed E-state index contributed by atoms with van der Waals surface area (Å²) in [6.07, 6.45) is -0.318. The molecule has 0 amide bonds. The SMILES string of the molecule is COC(C)CNS(=O)(=O)c1cc(C(=O)O)c(O)cc1C. The van der Waals surface area contributed by atoms with Crippen molar-refractivity contribution in [2.75, 3.05) is 13.7 Å². The summed E-state index contributed by atoms with van der Waals surface area (Å²) in [7, 11) is -2.42. The van der Waals surface area contributed by atoms with Crippen molar-refractivity contribution in [3.05, 3.63) is 23.3 Å². The van der Waals surface area contributed by atoms with Crippen LogP contribution >= 0.6 is 0 Å². The van der Waals surface area contributed by atoms with Crippen LogP contribution in [0.4, 0.5) is 0 Å². The minimum absolute atomic E-state index is 0.0571. The maximum Gasteiger partial charge on any atom is 0.339 e. The minimum Gasteiger partial charge on any atom is -0.507 e. The molecule has 0 aliphatic carbocycles. The number of phenols is 1. The second-order valence-electron chi connectivity index (χ2n) is 4.34. The molecule has 1 atom stereocenters. The van der Waals surface area contributed by atoms with Gasteiger partial charge in [0.15, 0.2) is 0 Å². The van der Waals surface area contributed by atoms with Crippen molar-refractivity contribution in [3.8, 4) is 5.75 Å². The summed E-state index contributed by atoms with van der Waals surface area (Å²) in [5.74, 6) is -1.87. The van der Waals surface area contributed by atoms with Crippen molar-refractivity contribution >= 4 is 16.0 Å². The Kier molecular flexibility index (Phi) is 5.09. The summed E-state index contributed by atoms with van der Waals surface area (Å²) < 4.78 is 31.5. The molecule has 1 aromatic carbocycles. The fraction of sp³-hybridized carbons (Fsp3) is 0.417. The number of aryl methyl sites for hydroxylation is 1. The number of carbonyl (C=O) groups is 1. The number of benzene rings is 1. The molecule has 8 heteroatoms. The van der Waals surface area contributed by atoms with E-state index in [1.54, 1.807) is 6.92 Å². The first-order chi connectivity index (χ1) is 9.19. The summed E-state index contributed by atoms with van der Waals surface area (Å²) >= 11 is 0. The highest BCUT2D eigenvalue weighted by Gasteiger charge is 2.22. The Morgan fingerprint density at radius 3 is 2.55 bits per heavy atom. The maximum absolute atomic E-state index is 12.1. The molecule has 0 saturated heterocycles. The van der Waals surface area contributed by atoms with E-state index in [2.05, 4.69) is 4.72 Å². The number of nitrogens with one attached hydrogen (secondary N) is 1. The Labute approximate surface area is 117 Å². The quantitative estimate of drug-likeness (QED) is 0.713. The van der Waals surface area contributed by atoms with Crippen LogP contribution in [0.25, 0.3) is 0 Å². The Morgan fingerprint density at radius 2 is 2.05 bits per heavy atom. The van der Waals surface area contributed by atoms with Crippen molar-refractivity contribution in [2.24, 2.45) is 0 Å². The summed E-state index contributed by atoms with van der Waals surface area (Å²) in [6, 6.07) is 2.05. The van der Waals surface area contributed by atoms with Gasteiger partial charge in [-0.15, -0.1) is 0 Å². The summed E-state index contributed by atoms with van der Waals surface area (Å²) in [4.78, 5) is 10.7. The highest BCUT2D eigenvalue weighted by molar-refractivity contribution is 7.89. The lowest BCUT2D eigenvalue weighted by atomic mass is 10.1. The van der Waals surface area contributed by atoms with Gasteiger partial charge in [-0.1, -0.05) is 0 Å². The molecule has 112 valence electrons. The first kappa shape index (κ1) is 16.4. The van der Waals surface area contributed by atoms with E-state index in [-0.39, 0.29) is 23.1 Å². The second-order valence-corrected chi connectivity index (χ2v) is 6.07. The number of aromatic carboxylic acids is 1. The lowest BCUT2D eigenvalue weighted by Crippen LogP contribution is -2.32. The molecule has 1 aromatic rings. The van der Waals surface area contributed by atoms with Crippen LogP contribution in [-0.4, -0.2) is 44.4 Å².